The van der Waals surface area contributed by atoms with Crippen LogP contribution in [0.3, 0.4) is 0 Å². The van der Waals surface area contributed by atoms with Gasteiger partial charge in [-0.2, -0.15) is 0 Å². The van der Waals surface area contributed by atoms with E-state index in [-0.39, 0.29) is 30.1 Å². The highest BCUT2D eigenvalue weighted by Crippen LogP contribution is 2.28. The Hall–Kier alpha value is -0.860. The maximum absolute atomic E-state index is 11.1. The van der Waals surface area contributed by atoms with Crippen molar-refractivity contribution in [3.63, 3.8) is 0 Å². The van der Waals surface area contributed by atoms with Gasteiger partial charge < -0.3 is 5.32 Å². The summed E-state index contributed by atoms with van der Waals surface area (Å²) >= 11 is 0. The van der Waals surface area contributed by atoms with Gasteiger partial charge >= 0.3 is 0 Å². The van der Waals surface area contributed by atoms with E-state index in [9.17, 15) is 9.59 Å². The third kappa shape index (κ3) is 2.64. The summed E-state index contributed by atoms with van der Waals surface area (Å²) in [6.45, 7) is 3.88. The molecule has 0 aromatic rings. The van der Waals surface area contributed by atoms with Crippen LogP contribution in [0, 0.1) is 11.8 Å². The van der Waals surface area contributed by atoms with E-state index in [1.54, 1.807) is 0 Å². The van der Waals surface area contributed by atoms with E-state index in [0.717, 1.165) is 12.8 Å². The summed E-state index contributed by atoms with van der Waals surface area (Å²) in [6, 6.07) is 0. The molecule has 3 nitrogen and oxygen atoms in total. The highest BCUT2D eigenvalue weighted by atomic mass is 16.2. The zero-order chi connectivity index (χ0) is 9.14. The molecule has 3 heteroatoms. The largest absolute Gasteiger partial charge is 0.349 e. The number of carbonyl (C=O) groups excluding carboxylic acids is 2. The summed E-state index contributed by atoms with van der Waals surface area (Å²) in [6.07, 6.45) is 1.98. The molecule has 0 unspecified atom stereocenters. The lowest BCUT2D eigenvalue weighted by Gasteiger charge is -2.05. The first-order valence-electron chi connectivity index (χ1n) is 4.41. The van der Waals surface area contributed by atoms with Gasteiger partial charge in [-0.1, -0.05) is 13.8 Å². The van der Waals surface area contributed by atoms with Crippen molar-refractivity contribution in [2.45, 2.75) is 26.7 Å². The summed E-state index contributed by atoms with van der Waals surface area (Å²) in [5.74, 6) is 0.363. The van der Waals surface area contributed by atoms with Crippen LogP contribution in [0.1, 0.15) is 26.7 Å². The highest BCUT2D eigenvalue weighted by Gasteiger charge is 2.29. The Morgan fingerprint density at radius 1 is 1.42 bits per heavy atom. The molecule has 0 heterocycles. The molecule has 1 rings (SSSR count). The SMILES string of the molecule is CC(C)C(=O)CNC(=O)C1CC1. The average molecular weight is 169 g/mol. The number of nitrogens with one attached hydrogen (secondary N) is 1. The van der Waals surface area contributed by atoms with Crippen molar-refractivity contribution >= 4 is 11.7 Å². The Kier molecular flexibility index (Phi) is 2.84. The van der Waals surface area contributed by atoms with Crippen molar-refractivity contribution in [2.75, 3.05) is 6.54 Å². The number of rotatable bonds is 4. The molecular formula is C9H15NO2. The first-order chi connectivity index (χ1) is 5.61. The second-order valence-electron chi connectivity index (χ2n) is 3.61. The van der Waals surface area contributed by atoms with Crippen LogP contribution in [0.5, 0.6) is 0 Å². The molecule has 1 fully saturated rings. The third-order valence-electron chi connectivity index (χ3n) is 2.03. The quantitative estimate of drug-likeness (QED) is 0.674. The summed E-state index contributed by atoms with van der Waals surface area (Å²) in [5.41, 5.74) is 0. The zero-order valence-corrected chi connectivity index (χ0v) is 7.59. The summed E-state index contributed by atoms with van der Waals surface area (Å²) in [7, 11) is 0. The number of ketones is 1. The molecule has 0 radical (unpaired) electrons. The minimum absolute atomic E-state index is 0.0181. The highest BCUT2D eigenvalue weighted by molar-refractivity contribution is 5.88. The van der Waals surface area contributed by atoms with Gasteiger partial charge in [0.05, 0.1) is 6.54 Å². The average Bonchev–Trinajstić information content (AvgIpc) is 2.81. The lowest BCUT2D eigenvalue weighted by atomic mass is 10.1. The van der Waals surface area contributed by atoms with Gasteiger partial charge in [0.2, 0.25) is 5.91 Å². The molecule has 0 aromatic heterocycles. The van der Waals surface area contributed by atoms with E-state index in [0.29, 0.717) is 0 Å². The third-order valence-corrected chi connectivity index (χ3v) is 2.03. The number of Topliss-reactive ketones (excluding diaryl/α,β-unsaturated/α-hetero) is 1. The smallest absolute Gasteiger partial charge is 0.223 e. The minimum Gasteiger partial charge on any atom is -0.349 e. The summed E-state index contributed by atoms with van der Waals surface area (Å²) in [4.78, 5) is 22.1. The van der Waals surface area contributed by atoms with Crippen molar-refractivity contribution < 1.29 is 9.59 Å². The van der Waals surface area contributed by atoms with Crippen LogP contribution in [0.2, 0.25) is 0 Å². The molecule has 1 saturated carbocycles. The minimum atomic E-state index is 0.0181. The van der Waals surface area contributed by atoms with Gasteiger partial charge in [-0.25, -0.2) is 0 Å². The zero-order valence-electron chi connectivity index (χ0n) is 7.59. The van der Waals surface area contributed by atoms with Gasteiger partial charge in [0.25, 0.3) is 0 Å². The normalized spacial score (nSPS) is 16.2. The Labute approximate surface area is 72.5 Å². The predicted molar refractivity (Wildman–Crippen MR) is 45.6 cm³/mol. The lowest BCUT2D eigenvalue weighted by Crippen LogP contribution is -2.32. The van der Waals surface area contributed by atoms with Gasteiger partial charge in [0, 0.05) is 11.8 Å². The van der Waals surface area contributed by atoms with E-state index in [1.807, 2.05) is 13.8 Å². The fourth-order valence-corrected chi connectivity index (χ4v) is 0.868. The molecule has 0 aromatic carbocycles. The molecule has 68 valence electrons. The van der Waals surface area contributed by atoms with E-state index < -0.39 is 0 Å². The van der Waals surface area contributed by atoms with Gasteiger partial charge in [-0.3, -0.25) is 9.59 Å². The molecule has 12 heavy (non-hydrogen) atoms. The molecule has 0 atom stereocenters. The van der Waals surface area contributed by atoms with Crippen molar-refractivity contribution in [1.82, 2.24) is 5.32 Å². The Morgan fingerprint density at radius 3 is 2.42 bits per heavy atom. The monoisotopic (exact) mass is 169 g/mol. The fraction of sp³-hybridized carbons (Fsp3) is 0.778. The Balaban J connectivity index is 2.15. The second kappa shape index (κ2) is 3.70. The van der Waals surface area contributed by atoms with E-state index in [1.165, 1.54) is 0 Å². The molecule has 0 spiro atoms. The van der Waals surface area contributed by atoms with E-state index >= 15 is 0 Å². The van der Waals surface area contributed by atoms with Crippen LogP contribution < -0.4 is 5.32 Å². The number of hydrogen-bond donors (Lipinski definition) is 1. The van der Waals surface area contributed by atoms with Crippen molar-refractivity contribution in [1.29, 1.82) is 0 Å². The van der Waals surface area contributed by atoms with Crippen LogP contribution >= 0.6 is 0 Å². The molecule has 0 bridgehead atoms. The Morgan fingerprint density at radius 2 is 2.00 bits per heavy atom. The predicted octanol–water partition coefficient (Wildman–Crippen LogP) is 0.738. The summed E-state index contributed by atoms with van der Waals surface area (Å²) < 4.78 is 0. The lowest BCUT2D eigenvalue weighted by molar-refractivity contribution is -0.127. The number of hydrogen-bond acceptors (Lipinski definition) is 2. The van der Waals surface area contributed by atoms with Crippen molar-refractivity contribution in [2.24, 2.45) is 11.8 Å². The van der Waals surface area contributed by atoms with Crippen LogP contribution in [-0.4, -0.2) is 18.2 Å². The molecule has 0 saturated heterocycles. The molecule has 1 amide bonds. The van der Waals surface area contributed by atoms with Gasteiger partial charge in [0.15, 0.2) is 5.78 Å². The molecular weight excluding hydrogens is 154 g/mol. The molecule has 0 aliphatic heterocycles. The molecule has 1 aliphatic carbocycles. The number of amides is 1. The second-order valence-corrected chi connectivity index (χ2v) is 3.61. The van der Waals surface area contributed by atoms with Crippen LogP contribution in [0.4, 0.5) is 0 Å². The molecule has 1 N–H and O–H groups in total. The van der Waals surface area contributed by atoms with Crippen molar-refractivity contribution in [3.8, 4) is 0 Å². The van der Waals surface area contributed by atoms with E-state index in [2.05, 4.69) is 5.32 Å². The standard InChI is InChI=1S/C9H15NO2/c1-6(2)8(11)5-10-9(12)7-3-4-7/h6-7H,3-5H2,1-2H3,(H,10,12). The van der Waals surface area contributed by atoms with Gasteiger partial charge in [-0.05, 0) is 12.8 Å². The van der Waals surface area contributed by atoms with Crippen LogP contribution in [-0.2, 0) is 9.59 Å². The van der Waals surface area contributed by atoms with Crippen LogP contribution in [0.15, 0.2) is 0 Å². The summed E-state index contributed by atoms with van der Waals surface area (Å²) in [5, 5.41) is 2.64. The van der Waals surface area contributed by atoms with Gasteiger partial charge in [0.1, 0.15) is 0 Å². The van der Waals surface area contributed by atoms with E-state index in [4.69, 9.17) is 0 Å². The number of carbonyl (C=O) groups is 2. The maximum Gasteiger partial charge on any atom is 0.223 e. The first-order valence-corrected chi connectivity index (χ1v) is 4.41. The molecule has 1 aliphatic rings. The first kappa shape index (κ1) is 9.23. The topological polar surface area (TPSA) is 46.2 Å². The fourth-order valence-electron chi connectivity index (χ4n) is 0.868. The van der Waals surface area contributed by atoms with Crippen LogP contribution in [0.25, 0.3) is 0 Å². The van der Waals surface area contributed by atoms with Crippen molar-refractivity contribution in [3.05, 3.63) is 0 Å². The maximum atomic E-state index is 11.1. The Bertz CT molecular complexity index is 181. The van der Waals surface area contributed by atoms with Gasteiger partial charge in [-0.15, -0.1) is 0 Å².